The second-order valence-electron chi connectivity index (χ2n) is 4.19. The Bertz CT molecular complexity index is 453. The summed E-state index contributed by atoms with van der Waals surface area (Å²) in [7, 11) is 0. The van der Waals surface area contributed by atoms with E-state index in [1.165, 1.54) is 5.69 Å². The van der Waals surface area contributed by atoms with Crippen LogP contribution >= 0.6 is 11.3 Å². The summed E-state index contributed by atoms with van der Waals surface area (Å²) >= 11 is 1.66. The fraction of sp³-hybridized carbons (Fsp3) is 0.500. The molecule has 14 heavy (non-hydrogen) atoms. The van der Waals surface area contributed by atoms with Crippen LogP contribution in [0.25, 0.3) is 4.96 Å². The van der Waals surface area contributed by atoms with Crippen LogP contribution in [0, 0.1) is 6.92 Å². The molecule has 0 saturated carbocycles. The molecular weight excluding hydrogens is 194 g/mol. The summed E-state index contributed by atoms with van der Waals surface area (Å²) in [5, 5.41) is 2.05. The molecule has 0 unspecified atom stereocenters. The van der Waals surface area contributed by atoms with Crippen molar-refractivity contribution in [1.82, 2.24) is 9.38 Å². The number of hydrogen-bond donors (Lipinski definition) is 1. The van der Waals surface area contributed by atoms with Gasteiger partial charge in [-0.2, -0.15) is 0 Å². The van der Waals surface area contributed by atoms with Crippen molar-refractivity contribution >= 4 is 16.3 Å². The van der Waals surface area contributed by atoms with Gasteiger partial charge in [-0.3, -0.25) is 4.40 Å². The fourth-order valence-corrected chi connectivity index (χ4v) is 2.57. The van der Waals surface area contributed by atoms with Gasteiger partial charge in [-0.15, -0.1) is 11.3 Å². The molecule has 0 aliphatic heterocycles. The Hall–Kier alpha value is -0.870. The highest BCUT2D eigenvalue weighted by Gasteiger charge is 2.25. The third kappa shape index (κ3) is 1.26. The van der Waals surface area contributed by atoms with Gasteiger partial charge >= 0.3 is 0 Å². The van der Waals surface area contributed by atoms with Crippen molar-refractivity contribution in [2.45, 2.75) is 26.2 Å². The molecule has 76 valence electrons. The Kier molecular flexibility index (Phi) is 2.12. The maximum absolute atomic E-state index is 5.79. The molecular formula is C10H15N3S. The molecule has 0 aromatic carbocycles. The van der Waals surface area contributed by atoms with Crippen molar-refractivity contribution in [2.24, 2.45) is 5.73 Å². The monoisotopic (exact) mass is 209 g/mol. The van der Waals surface area contributed by atoms with Crippen molar-refractivity contribution in [3.8, 4) is 0 Å². The largest absolute Gasteiger partial charge is 0.330 e. The molecule has 4 heteroatoms. The number of imidazole rings is 1. The zero-order valence-corrected chi connectivity index (χ0v) is 9.56. The molecule has 0 radical (unpaired) electrons. The maximum Gasteiger partial charge on any atom is 0.194 e. The number of nitrogens with two attached hydrogens (primary N) is 1. The second-order valence-corrected chi connectivity index (χ2v) is 5.06. The van der Waals surface area contributed by atoms with Crippen LogP contribution in [-0.2, 0) is 5.41 Å². The first-order valence-corrected chi connectivity index (χ1v) is 5.57. The number of thiazole rings is 1. The van der Waals surface area contributed by atoms with Crippen LogP contribution in [0.2, 0.25) is 0 Å². The van der Waals surface area contributed by atoms with Gasteiger partial charge in [-0.25, -0.2) is 4.98 Å². The molecule has 0 amide bonds. The van der Waals surface area contributed by atoms with E-state index in [9.17, 15) is 0 Å². The molecule has 2 aromatic heterocycles. The van der Waals surface area contributed by atoms with Crippen LogP contribution in [0.5, 0.6) is 0 Å². The normalized spacial score (nSPS) is 12.6. The van der Waals surface area contributed by atoms with E-state index < -0.39 is 0 Å². The van der Waals surface area contributed by atoms with Gasteiger partial charge in [0.15, 0.2) is 4.96 Å². The molecule has 0 aliphatic rings. The minimum absolute atomic E-state index is 0.00935. The molecule has 3 nitrogen and oxygen atoms in total. The summed E-state index contributed by atoms with van der Waals surface area (Å²) in [5.74, 6) is 0. The minimum Gasteiger partial charge on any atom is -0.330 e. The zero-order valence-electron chi connectivity index (χ0n) is 8.74. The Morgan fingerprint density at radius 2 is 2.29 bits per heavy atom. The van der Waals surface area contributed by atoms with Crippen LogP contribution in [0.1, 0.15) is 25.2 Å². The molecule has 0 saturated heterocycles. The Morgan fingerprint density at radius 1 is 1.57 bits per heavy atom. The predicted octanol–water partition coefficient (Wildman–Crippen LogP) is 1.94. The first-order chi connectivity index (χ1) is 6.56. The quantitative estimate of drug-likeness (QED) is 0.821. The molecule has 0 spiro atoms. The van der Waals surface area contributed by atoms with E-state index in [0.29, 0.717) is 6.54 Å². The standard InChI is InChI=1S/C10H15N3S/c1-7-8(10(2,3)6-11)13-4-5-14-9(13)12-7/h4-5H,6,11H2,1-3H3. The number of aryl methyl sites for hydroxylation is 1. The number of nitrogens with zero attached hydrogens (tertiary/aromatic N) is 2. The van der Waals surface area contributed by atoms with Crippen LogP contribution < -0.4 is 5.73 Å². The average Bonchev–Trinajstić information content (AvgIpc) is 2.62. The Morgan fingerprint density at radius 3 is 2.93 bits per heavy atom. The highest BCUT2D eigenvalue weighted by atomic mass is 32.1. The zero-order chi connectivity index (χ0) is 10.3. The van der Waals surface area contributed by atoms with Gasteiger partial charge in [0.25, 0.3) is 0 Å². The Labute approximate surface area is 87.6 Å². The number of fused-ring (bicyclic) bond motifs is 1. The summed E-state index contributed by atoms with van der Waals surface area (Å²) in [6, 6.07) is 0. The molecule has 2 heterocycles. The van der Waals surface area contributed by atoms with Gasteiger partial charge in [0.05, 0.1) is 11.4 Å². The van der Waals surface area contributed by atoms with E-state index in [-0.39, 0.29) is 5.41 Å². The molecule has 0 bridgehead atoms. The molecule has 2 rings (SSSR count). The van der Waals surface area contributed by atoms with Crippen molar-refractivity contribution in [3.05, 3.63) is 23.0 Å². The molecule has 0 aliphatic carbocycles. The Balaban J connectivity index is 2.70. The summed E-state index contributed by atoms with van der Waals surface area (Å²) < 4.78 is 2.15. The lowest BCUT2D eigenvalue weighted by molar-refractivity contribution is 0.514. The second kappa shape index (κ2) is 3.07. The van der Waals surface area contributed by atoms with E-state index in [0.717, 1.165) is 10.7 Å². The lowest BCUT2D eigenvalue weighted by atomic mass is 9.88. The summed E-state index contributed by atoms with van der Waals surface area (Å²) in [6.45, 7) is 6.99. The molecule has 0 fully saturated rings. The first-order valence-electron chi connectivity index (χ1n) is 4.69. The van der Waals surface area contributed by atoms with Gasteiger partial charge in [0, 0.05) is 23.5 Å². The van der Waals surface area contributed by atoms with Crippen molar-refractivity contribution in [3.63, 3.8) is 0 Å². The number of aromatic nitrogens is 2. The predicted molar refractivity (Wildman–Crippen MR) is 59.9 cm³/mol. The lowest BCUT2D eigenvalue weighted by Crippen LogP contribution is -2.30. The van der Waals surface area contributed by atoms with Crippen molar-refractivity contribution in [1.29, 1.82) is 0 Å². The first kappa shape index (κ1) is 9.68. The van der Waals surface area contributed by atoms with Crippen LogP contribution in [0.3, 0.4) is 0 Å². The SMILES string of the molecule is Cc1nc2sccn2c1C(C)(C)CN. The van der Waals surface area contributed by atoms with Gasteiger partial charge in [0.1, 0.15) is 0 Å². The fourth-order valence-electron chi connectivity index (χ4n) is 1.81. The van der Waals surface area contributed by atoms with E-state index >= 15 is 0 Å². The van der Waals surface area contributed by atoms with E-state index in [1.54, 1.807) is 11.3 Å². The molecule has 2 N–H and O–H groups in total. The highest BCUT2D eigenvalue weighted by Crippen LogP contribution is 2.27. The van der Waals surface area contributed by atoms with Crippen molar-refractivity contribution < 1.29 is 0 Å². The lowest BCUT2D eigenvalue weighted by Gasteiger charge is -2.22. The van der Waals surface area contributed by atoms with Crippen LogP contribution in [0.4, 0.5) is 0 Å². The van der Waals surface area contributed by atoms with Gasteiger partial charge in [-0.1, -0.05) is 13.8 Å². The van der Waals surface area contributed by atoms with Gasteiger partial charge < -0.3 is 5.73 Å². The third-order valence-corrected chi connectivity index (χ3v) is 3.34. The summed E-state index contributed by atoms with van der Waals surface area (Å²) in [5.41, 5.74) is 8.10. The summed E-state index contributed by atoms with van der Waals surface area (Å²) in [6.07, 6.45) is 2.06. The van der Waals surface area contributed by atoms with Crippen molar-refractivity contribution in [2.75, 3.05) is 6.54 Å². The molecule has 0 atom stereocenters. The third-order valence-electron chi connectivity index (χ3n) is 2.59. The van der Waals surface area contributed by atoms with E-state index in [1.807, 2.05) is 6.92 Å². The maximum atomic E-state index is 5.79. The number of rotatable bonds is 2. The highest BCUT2D eigenvalue weighted by molar-refractivity contribution is 7.15. The smallest absolute Gasteiger partial charge is 0.194 e. The van der Waals surface area contributed by atoms with Gasteiger partial charge in [-0.05, 0) is 6.92 Å². The van der Waals surface area contributed by atoms with Crippen LogP contribution in [-0.4, -0.2) is 15.9 Å². The summed E-state index contributed by atoms with van der Waals surface area (Å²) in [4.78, 5) is 5.57. The van der Waals surface area contributed by atoms with E-state index in [2.05, 4.69) is 34.8 Å². The number of hydrogen-bond acceptors (Lipinski definition) is 3. The van der Waals surface area contributed by atoms with Crippen LogP contribution in [0.15, 0.2) is 11.6 Å². The van der Waals surface area contributed by atoms with E-state index in [4.69, 9.17) is 5.73 Å². The topological polar surface area (TPSA) is 43.3 Å². The molecule has 2 aromatic rings. The van der Waals surface area contributed by atoms with Gasteiger partial charge in [0.2, 0.25) is 0 Å². The minimum atomic E-state index is -0.00935. The average molecular weight is 209 g/mol.